The Morgan fingerprint density at radius 2 is 1.86 bits per heavy atom. The first-order valence-electron chi connectivity index (χ1n) is 2.02. The Kier molecular flexibility index (Phi) is 1.53. The highest BCUT2D eigenvalue weighted by atomic mass is 19.1. The molecule has 42 valence electrons. The van der Waals surface area contributed by atoms with Crippen LogP contribution in [-0.4, -0.2) is 10.7 Å². The lowest BCUT2D eigenvalue weighted by atomic mass is 10.1. The van der Waals surface area contributed by atoms with Crippen molar-refractivity contribution < 1.29 is 9.50 Å². The van der Waals surface area contributed by atoms with E-state index in [4.69, 9.17) is 5.11 Å². The van der Waals surface area contributed by atoms with Crippen molar-refractivity contribution >= 4 is 0 Å². The van der Waals surface area contributed by atoms with Gasteiger partial charge in [-0.1, -0.05) is 6.58 Å². The zero-order valence-electron chi connectivity index (χ0n) is 4.53. The Hall–Kier alpha value is -0.370. The van der Waals surface area contributed by atoms with E-state index in [1.165, 1.54) is 13.8 Å². The fourth-order valence-corrected chi connectivity index (χ4v) is 0. The average molecular weight is 104 g/mol. The topological polar surface area (TPSA) is 20.2 Å². The molecular formula is C5H9FO. The molecule has 0 atom stereocenters. The van der Waals surface area contributed by atoms with Gasteiger partial charge in [0.25, 0.3) is 0 Å². The Bertz CT molecular complexity index is 80.6. The first kappa shape index (κ1) is 6.63. The summed E-state index contributed by atoms with van der Waals surface area (Å²) in [6, 6.07) is 0. The van der Waals surface area contributed by atoms with Crippen molar-refractivity contribution in [1.29, 1.82) is 0 Å². The molecule has 0 radical (unpaired) electrons. The van der Waals surface area contributed by atoms with Gasteiger partial charge in [-0.2, -0.15) is 0 Å². The molecule has 2 heteroatoms. The third-order valence-corrected chi connectivity index (χ3v) is 0.664. The number of hydrogen-bond donors (Lipinski definition) is 1. The molecule has 1 N–H and O–H groups in total. The SMILES string of the molecule is C=C(F)C(C)(C)O. The van der Waals surface area contributed by atoms with Gasteiger partial charge in [0, 0.05) is 0 Å². The van der Waals surface area contributed by atoms with Gasteiger partial charge in [0.1, 0.15) is 11.4 Å². The van der Waals surface area contributed by atoms with Crippen molar-refractivity contribution in [2.75, 3.05) is 0 Å². The van der Waals surface area contributed by atoms with Crippen LogP contribution in [0, 0.1) is 0 Å². The molecule has 0 saturated heterocycles. The maximum atomic E-state index is 11.8. The summed E-state index contributed by atoms with van der Waals surface area (Å²) in [6.45, 7) is 5.59. The normalized spacial score (nSPS) is 11.4. The molecule has 7 heavy (non-hydrogen) atoms. The van der Waals surface area contributed by atoms with E-state index >= 15 is 0 Å². The first-order chi connectivity index (χ1) is 2.94. The minimum Gasteiger partial charge on any atom is -0.383 e. The lowest BCUT2D eigenvalue weighted by molar-refractivity contribution is 0.0947. The Morgan fingerprint density at radius 1 is 1.71 bits per heavy atom. The van der Waals surface area contributed by atoms with Crippen LogP contribution in [0.3, 0.4) is 0 Å². The third kappa shape index (κ3) is 2.34. The van der Waals surface area contributed by atoms with Crippen LogP contribution in [0.1, 0.15) is 13.8 Å². The van der Waals surface area contributed by atoms with E-state index in [9.17, 15) is 4.39 Å². The van der Waals surface area contributed by atoms with Crippen LogP contribution in [0.15, 0.2) is 12.4 Å². The Morgan fingerprint density at radius 3 is 1.86 bits per heavy atom. The van der Waals surface area contributed by atoms with Gasteiger partial charge in [-0.25, -0.2) is 4.39 Å². The molecule has 0 spiro atoms. The molecule has 0 rings (SSSR count). The third-order valence-electron chi connectivity index (χ3n) is 0.664. The minimum atomic E-state index is -1.36. The van der Waals surface area contributed by atoms with Crippen molar-refractivity contribution in [2.24, 2.45) is 0 Å². The molecule has 0 bridgehead atoms. The zero-order valence-corrected chi connectivity index (χ0v) is 4.53. The molecule has 0 amide bonds. The first-order valence-corrected chi connectivity index (χ1v) is 2.02. The summed E-state index contributed by atoms with van der Waals surface area (Å²) in [7, 11) is 0. The lowest BCUT2D eigenvalue weighted by Crippen LogP contribution is -2.17. The van der Waals surface area contributed by atoms with E-state index in [1.807, 2.05) is 0 Å². The van der Waals surface area contributed by atoms with Gasteiger partial charge in [-0.15, -0.1) is 0 Å². The van der Waals surface area contributed by atoms with Crippen molar-refractivity contribution in [2.45, 2.75) is 19.4 Å². The molecular weight excluding hydrogens is 95.1 g/mol. The predicted octanol–water partition coefficient (Wildman–Crippen LogP) is 1.24. The smallest absolute Gasteiger partial charge is 0.124 e. The summed E-state index contributed by atoms with van der Waals surface area (Å²) in [5.41, 5.74) is -1.36. The molecule has 0 aliphatic rings. The summed E-state index contributed by atoms with van der Waals surface area (Å²) >= 11 is 0. The number of halogens is 1. The van der Waals surface area contributed by atoms with Crippen LogP contribution in [0.2, 0.25) is 0 Å². The van der Waals surface area contributed by atoms with Gasteiger partial charge in [0.15, 0.2) is 0 Å². The van der Waals surface area contributed by atoms with Crippen molar-refractivity contribution in [3.63, 3.8) is 0 Å². The highest BCUT2D eigenvalue weighted by Crippen LogP contribution is 2.12. The van der Waals surface area contributed by atoms with Gasteiger partial charge in [0.2, 0.25) is 0 Å². The summed E-state index contributed by atoms with van der Waals surface area (Å²) in [5.74, 6) is -0.701. The second-order valence-corrected chi connectivity index (χ2v) is 1.96. The number of rotatable bonds is 1. The van der Waals surface area contributed by atoms with E-state index in [-0.39, 0.29) is 0 Å². The lowest BCUT2D eigenvalue weighted by Gasteiger charge is -2.11. The monoisotopic (exact) mass is 104 g/mol. The molecule has 0 saturated carbocycles. The van der Waals surface area contributed by atoms with E-state index < -0.39 is 11.4 Å². The van der Waals surface area contributed by atoms with Gasteiger partial charge < -0.3 is 5.11 Å². The van der Waals surface area contributed by atoms with Crippen LogP contribution < -0.4 is 0 Å². The maximum absolute atomic E-state index is 11.8. The van der Waals surface area contributed by atoms with Crippen LogP contribution in [0.4, 0.5) is 4.39 Å². The highest BCUT2D eigenvalue weighted by Gasteiger charge is 2.15. The number of aliphatic hydroxyl groups is 1. The van der Waals surface area contributed by atoms with Crippen LogP contribution in [-0.2, 0) is 0 Å². The summed E-state index contributed by atoms with van der Waals surface area (Å²) in [4.78, 5) is 0. The van der Waals surface area contributed by atoms with E-state index in [0.29, 0.717) is 0 Å². The van der Waals surface area contributed by atoms with E-state index in [0.717, 1.165) is 0 Å². The highest BCUT2D eigenvalue weighted by molar-refractivity contribution is 4.97. The predicted molar refractivity (Wildman–Crippen MR) is 26.5 cm³/mol. The van der Waals surface area contributed by atoms with E-state index in [2.05, 4.69) is 6.58 Å². The molecule has 0 aromatic rings. The van der Waals surface area contributed by atoms with E-state index in [1.54, 1.807) is 0 Å². The quantitative estimate of drug-likeness (QED) is 0.530. The molecule has 0 heterocycles. The van der Waals surface area contributed by atoms with Crippen molar-refractivity contribution in [3.8, 4) is 0 Å². The average Bonchev–Trinajstić information content (AvgIpc) is 1.31. The molecule has 0 fully saturated rings. The molecule has 0 aliphatic heterocycles. The molecule has 0 aliphatic carbocycles. The molecule has 0 aromatic heterocycles. The van der Waals surface area contributed by atoms with Crippen LogP contribution in [0.25, 0.3) is 0 Å². The minimum absolute atomic E-state index is 0.701. The second kappa shape index (κ2) is 1.62. The standard InChI is InChI=1S/C5H9FO/c1-4(6)5(2,3)7/h7H,1H2,2-3H3. The van der Waals surface area contributed by atoms with Gasteiger partial charge in [0.05, 0.1) is 0 Å². The maximum Gasteiger partial charge on any atom is 0.124 e. The fraction of sp³-hybridized carbons (Fsp3) is 0.600. The zero-order chi connectivity index (χ0) is 6.08. The second-order valence-electron chi connectivity index (χ2n) is 1.96. The summed E-state index contributed by atoms with van der Waals surface area (Å²) in [5, 5.41) is 8.62. The van der Waals surface area contributed by atoms with Gasteiger partial charge in [-0.05, 0) is 13.8 Å². The van der Waals surface area contributed by atoms with Gasteiger partial charge in [-0.3, -0.25) is 0 Å². The van der Waals surface area contributed by atoms with Crippen LogP contribution in [0.5, 0.6) is 0 Å². The molecule has 1 nitrogen and oxygen atoms in total. The van der Waals surface area contributed by atoms with Crippen molar-refractivity contribution in [1.82, 2.24) is 0 Å². The summed E-state index contributed by atoms with van der Waals surface area (Å²) < 4.78 is 11.8. The van der Waals surface area contributed by atoms with Gasteiger partial charge >= 0.3 is 0 Å². The largest absolute Gasteiger partial charge is 0.383 e. The Balaban J connectivity index is 3.79. The van der Waals surface area contributed by atoms with Crippen molar-refractivity contribution in [3.05, 3.63) is 12.4 Å². The summed E-state index contributed by atoms with van der Waals surface area (Å²) in [6.07, 6.45) is 0. The number of hydrogen-bond acceptors (Lipinski definition) is 1. The Labute approximate surface area is 42.5 Å². The molecule has 0 unspecified atom stereocenters. The fourth-order valence-electron chi connectivity index (χ4n) is 0. The van der Waals surface area contributed by atoms with Crippen LogP contribution >= 0.6 is 0 Å². The molecule has 0 aromatic carbocycles.